The van der Waals surface area contributed by atoms with Gasteiger partial charge in [-0.3, -0.25) is 9.59 Å². The number of carbonyl (C=O) groups excluding carboxylic acids is 1. The molecule has 3 aromatic carbocycles. The molecule has 1 saturated carbocycles. The Morgan fingerprint density at radius 3 is 2.45 bits per heavy atom. The Labute approximate surface area is 251 Å². The minimum Gasteiger partial charge on any atom is -0.378 e. The van der Waals surface area contributed by atoms with Crippen LogP contribution in [0.2, 0.25) is 5.02 Å². The summed E-state index contributed by atoms with van der Waals surface area (Å²) < 4.78 is 0. The lowest BCUT2D eigenvalue weighted by Crippen LogP contribution is -2.36. The average Bonchev–Trinajstić information content (AvgIpc) is 3.81. The van der Waals surface area contributed by atoms with Crippen molar-refractivity contribution in [2.24, 2.45) is 0 Å². The van der Waals surface area contributed by atoms with Crippen LogP contribution in [0.3, 0.4) is 0 Å². The van der Waals surface area contributed by atoms with Gasteiger partial charge in [-0.25, -0.2) is 4.98 Å². The number of benzene rings is 3. The molecule has 0 unspecified atom stereocenters. The van der Waals surface area contributed by atoms with Gasteiger partial charge in [0.15, 0.2) is 6.10 Å². The molecule has 2 N–H and O–H groups in total. The molecule has 4 aromatic rings. The Hall–Kier alpha value is -3.74. The van der Waals surface area contributed by atoms with E-state index in [0.29, 0.717) is 41.4 Å². The van der Waals surface area contributed by atoms with Gasteiger partial charge in [-0.05, 0) is 77.1 Å². The molecule has 0 bridgehead atoms. The monoisotopic (exact) mass is 581 g/mol. The molecule has 1 fully saturated rings. The summed E-state index contributed by atoms with van der Waals surface area (Å²) in [6.45, 7) is 7.08. The topological polar surface area (TPSA) is 86.3 Å². The third-order valence-electron chi connectivity index (χ3n) is 8.68. The smallest absolute Gasteiger partial charge is 0.256 e. The molecule has 1 aliphatic carbocycles. The van der Waals surface area contributed by atoms with Gasteiger partial charge < -0.3 is 15.0 Å². The second-order valence-electron chi connectivity index (χ2n) is 12.7. The van der Waals surface area contributed by atoms with E-state index in [0.717, 1.165) is 35.2 Å². The molecule has 1 amide bonds. The highest BCUT2D eigenvalue weighted by molar-refractivity contribution is 6.30. The van der Waals surface area contributed by atoms with Crippen LogP contribution in [0.4, 0.5) is 0 Å². The number of nitrogens with zero attached hydrogens (tertiary/aromatic N) is 2. The van der Waals surface area contributed by atoms with Crippen LogP contribution in [0, 0.1) is 0 Å². The average molecular weight is 582 g/mol. The second-order valence-corrected chi connectivity index (χ2v) is 13.1. The van der Waals surface area contributed by atoms with E-state index in [4.69, 9.17) is 16.6 Å². The first-order chi connectivity index (χ1) is 20.0. The lowest BCUT2D eigenvalue weighted by atomic mass is 9.85. The molecule has 0 radical (unpaired) electrons. The lowest BCUT2D eigenvalue weighted by Gasteiger charge is -2.24. The number of carbonyl (C=O) groups is 1. The number of halogens is 1. The van der Waals surface area contributed by atoms with Crippen molar-refractivity contribution in [1.82, 2.24) is 14.9 Å². The summed E-state index contributed by atoms with van der Waals surface area (Å²) in [5.74, 6) is 0.255. The predicted molar refractivity (Wildman–Crippen MR) is 166 cm³/mol. The maximum absolute atomic E-state index is 13.6. The molecule has 1 aromatic heterocycles. The summed E-state index contributed by atoms with van der Waals surface area (Å²) in [6, 6.07) is 23.6. The van der Waals surface area contributed by atoms with E-state index >= 15 is 0 Å². The zero-order valence-corrected chi connectivity index (χ0v) is 25.0. The van der Waals surface area contributed by atoms with Crippen molar-refractivity contribution in [3.63, 3.8) is 0 Å². The summed E-state index contributed by atoms with van der Waals surface area (Å²) >= 11 is 6.26. The predicted octanol–water partition coefficient (Wildman–Crippen LogP) is 6.48. The number of aromatic amines is 1. The highest BCUT2D eigenvalue weighted by Gasteiger charge is 2.48. The number of fused-ring (bicyclic) bond motifs is 1. The van der Waals surface area contributed by atoms with E-state index in [2.05, 4.69) is 37.9 Å². The van der Waals surface area contributed by atoms with Gasteiger partial charge in [0.2, 0.25) is 0 Å². The summed E-state index contributed by atoms with van der Waals surface area (Å²) in [5, 5.41) is 11.9. The van der Waals surface area contributed by atoms with E-state index < -0.39 is 12.0 Å². The zero-order valence-electron chi connectivity index (χ0n) is 24.3. The lowest BCUT2D eigenvalue weighted by molar-refractivity contribution is -0.141. The van der Waals surface area contributed by atoms with Crippen molar-refractivity contribution in [3.05, 3.63) is 122 Å². The van der Waals surface area contributed by atoms with Gasteiger partial charge in [-0.2, -0.15) is 0 Å². The van der Waals surface area contributed by atoms with Crippen molar-refractivity contribution >= 4 is 17.5 Å². The Balaban J connectivity index is 1.24. The Bertz CT molecular complexity index is 1720. The summed E-state index contributed by atoms with van der Waals surface area (Å²) in [7, 11) is 0. The van der Waals surface area contributed by atoms with E-state index in [1.807, 2.05) is 54.6 Å². The molecule has 42 heavy (non-hydrogen) atoms. The number of aliphatic hydroxyl groups excluding tert-OH is 1. The third-order valence-corrected chi connectivity index (χ3v) is 8.92. The van der Waals surface area contributed by atoms with Crippen molar-refractivity contribution in [3.8, 4) is 11.1 Å². The van der Waals surface area contributed by atoms with Gasteiger partial charge in [-0.1, -0.05) is 87.0 Å². The Morgan fingerprint density at radius 2 is 1.74 bits per heavy atom. The maximum Gasteiger partial charge on any atom is 0.256 e. The van der Waals surface area contributed by atoms with Crippen molar-refractivity contribution in [1.29, 1.82) is 0 Å². The number of rotatable bonds is 5. The normalized spacial score (nSPS) is 16.8. The van der Waals surface area contributed by atoms with Gasteiger partial charge in [0.1, 0.15) is 5.82 Å². The van der Waals surface area contributed by atoms with Gasteiger partial charge >= 0.3 is 0 Å². The van der Waals surface area contributed by atoms with Crippen LogP contribution in [-0.4, -0.2) is 32.4 Å². The number of aryl methyl sites for hydroxylation is 1. The Morgan fingerprint density at radius 1 is 1.02 bits per heavy atom. The standard InChI is InChI=1S/C35H36ClN3O3/c1-34(2,3)25-11-5-9-23(19-25)22-8-4-10-24(18-22)30(40)32(42)39-17-7-14-29-28(21-39)31(41)38-33(37-29)35(15-16-35)26-12-6-13-27(36)20-26/h4-6,8-13,18-20,30,40H,7,14-17,21H2,1-3H3,(H,37,38,41)/t30-/m1/s1. The van der Waals surface area contributed by atoms with Crippen molar-refractivity contribution < 1.29 is 9.90 Å². The molecule has 6 nitrogen and oxygen atoms in total. The number of aliphatic hydroxyl groups is 1. The first-order valence-electron chi connectivity index (χ1n) is 14.6. The molecule has 2 heterocycles. The van der Waals surface area contributed by atoms with E-state index in [1.165, 1.54) is 5.56 Å². The van der Waals surface area contributed by atoms with Gasteiger partial charge in [0.25, 0.3) is 11.5 Å². The number of amides is 1. The first kappa shape index (κ1) is 28.4. The van der Waals surface area contributed by atoms with E-state index in [-0.39, 0.29) is 22.9 Å². The fourth-order valence-corrected chi connectivity index (χ4v) is 6.17. The minimum atomic E-state index is -1.33. The number of H-pyrrole nitrogens is 1. The molecular formula is C35H36ClN3O3. The molecular weight excluding hydrogens is 546 g/mol. The van der Waals surface area contributed by atoms with Crippen LogP contribution >= 0.6 is 11.6 Å². The van der Waals surface area contributed by atoms with Crippen molar-refractivity contribution in [2.45, 2.75) is 69.9 Å². The molecule has 216 valence electrons. The first-order valence-corrected chi connectivity index (χ1v) is 15.0. The number of hydrogen-bond acceptors (Lipinski definition) is 4. The minimum absolute atomic E-state index is 0.00807. The van der Waals surface area contributed by atoms with Crippen LogP contribution in [0.15, 0.2) is 77.6 Å². The molecule has 1 atom stereocenters. The Kier molecular flexibility index (Phi) is 7.32. The van der Waals surface area contributed by atoms with Gasteiger partial charge in [0.05, 0.1) is 23.2 Å². The highest BCUT2D eigenvalue weighted by atomic mass is 35.5. The summed E-state index contributed by atoms with van der Waals surface area (Å²) in [5.41, 5.74) is 5.45. The molecule has 0 spiro atoms. The fraction of sp³-hybridized carbons (Fsp3) is 0.343. The van der Waals surface area contributed by atoms with Crippen LogP contribution in [0.1, 0.15) is 79.9 Å². The van der Waals surface area contributed by atoms with Crippen LogP contribution in [-0.2, 0) is 28.6 Å². The van der Waals surface area contributed by atoms with Gasteiger partial charge in [0, 0.05) is 11.6 Å². The van der Waals surface area contributed by atoms with Crippen LogP contribution < -0.4 is 5.56 Å². The van der Waals surface area contributed by atoms with Crippen molar-refractivity contribution in [2.75, 3.05) is 6.54 Å². The van der Waals surface area contributed by atoms with E-state index in [9.17, 15) is 14.7 Å². The summed E-state index contributed by atoms with van der Waals surface area (Å²) in [6.07, 6.45) is 1.71. The van der Waals surface area contributed by atoms with Crippen LogP contribution in [0.25, 0.3) is 11.1 Å². The van der Waals surface area contributed by atoms with E-state index in [1.54, 1.807) is 11.0 Å². The largest absolute Gasteiger partial charge is 0.378 e. The SMILES string of the molecule is CC(C)(C)c1cccc(-c2cccc([C@@H](O)C(=O)N3CCCc4nc(C5(c6cccc(Cl)c6)CC5)[nH]c(=O)c4C3)c2)c1. The molecule has 2 aliphatic rings. The third kappa shape index (κ3) is 5.41. The highest BCUT2D eigenvalue weighted by Crippen LogP contribution is 2.52. The zero-order chi connectivity index (χ0) is 29.6. The second kappa shape index (κ2) is 10.8. The summed E-state index contributed by atoms with van der Waals surface area (Å²) in [4.78, 5) is 36.5. The maximum atomic E-state index is 13.6. The van der Waals surface area contributed by atoms with Gasteiger partial charge in [-0.15, -0.1) is 0 Å². The van der Waals surface area contributed by atoms with Crippen LogP contribution in [0.5, 0.6) is 0 Å². The quantitative estimate of drug-likeness (QED) is 0.283. The molecule has 0 saturated heterocycles. The molecule has 6 rings (SSSR count). The number of nitrogens with one attached hydrogen (secondary N) is 1. The molecule has 7 heteroatoms. The number of hydrogen-bond donors (Lipinski definition) is 2. The number of aromatic nitrogens is 2. The molecule has 1 aliphatic heterocycles. The fourth-order valence-electron chi connectivity index (χ4n) is 5.98.